The number of nitrogens with two attached hydrogens (primary N) is 1. The Kier molecular flexibility index (Phi) is 5.57. The largest absolute Gasteiger partial charge is 0.497 e. The van der Waals surface area contributed by atoms with Crippen LogP contribution >= 0.6 is 0 Å². The van der Waals surface area contributed by atoms with E-state index in [2.05, 4.69) is 10.6 Å². The average Bonchev–Trinajstić information content (AvgIpc) is 3.16. The van der Waals surface area contributed by atoms with Crippen LogP contribution in [-0.2, 0) is 16.4 Å². The molecule has 7 heteroatoms. The van der Waals surface area contributed by atoms with Crippen LogP contribution in [-0.4, -0.2) is 32.3 Å². The number of benzene rings is 4. The van der Waals surface area contributed by atoms with Crippen molar-refractivity contribution in [3.05, 3.63) is 96.1 Å². The van der Waals surface area contributed by atoms with Gasteiger partial charge in [-0.3, -0.25) is 4.79 Å². The number of aromatic nitrogens is 1. The smallest absolute Gasteiger partial charge is 0.249 e. The maximum absolute atomic E-state index is 12.3. The molecule has 0 radical (unpaired) electrons. The van der Waals surface area contributed by atoms with E-state index in [0.29, 0.717) is 12.1 Å². The first-order chi connectivity index (χ1) is 16.8. The molecule has 0 aliphatic heterocycles. The van der Waals surface area contributed by atoms with Crippen LogP contribution in [0.3, 0.4) is 0 Å². The van der Waals surface area contributed by atoms with Crippen molar-refractivity contribution < 1.29 is 17.9 Å². The molecule has 4 aromatic carbocycles. The summed E-state index contributed by atoms with van der Waals surface area (Å²) in [6.07, 6.45) is 1.20. The van der Waals surface area contributed by atoms with Crippen LogP contribution < -0.4 is 10.5 Å². The van der Waals surface area contributed by atoms with Crippen molar-refractivity contribution in [1.82, 2.24) is 4.57 Å². The second-order valence-corrected chi connectivity index (χ2v) is 10.5. The number of amides is 1. The van der Waals surface area contributed by atoms with Gasteiger partial charge in [-0.15, -0.1) is 0 Å². The van der Waals surface area contributed by atoms with Crippen LogP contribution in [0.15, 0.2) is 89.8 Å². The molecule has 6 nitrogen and oxygen atoms in total. The summed E-state index contributed by atoms with van der Waals surface area (Å²) in [6, 6.07) is 26.4. The van der Waals surface area contributed by atoms with Gasteiger partial charge in [0.15, 0.2) is 9.84 Å². The molecule has 35 heavy (non-hydrogen) atoms. The molecule has 0 spiro atoms. The van der Waals surface area contributed by atoms with E-state index in [1.54, 1.807) is 31.4 Å². The van der Waals surface area contributed by atoms with E-state index in [9.17, 15) is 13.2 Å². The molecule has 0 fully saturated rings. The molecule has 0 aliphatic carbocycles. The third kappa shape index (κ3) is 4.15. The molecule has 1 heterocycles. The molecule has 1 aromatic heterocycles. The molecule has 5 aromatic rings. The second kappa shape index (κ2) is 8.60. The van der Waals surface area contributed by atoms with Crippen LogP contribution in [0.5, 0.6) is 5.75 Å². The first-order valence-corrected chi connectivity index (χ1v) is 12.9. The lowest BCUT2D eigenvalue weighted by molar-refractivity contribution is 0.100. The first kappa shape index (κ1) is 22.7. The standard InChI is InChI=1S/C28H24N2O4S/c1-34-21-12-9-19(10-13-21)20-11-14-23-26(16-20)30(25-8-4-7-24(27(23)25)28(29)31)17-18-5-3-6-22(15-18)35(2,32)33/h3-16H,17H2,1-2H3,(H2,29,31). The maximum Gasteiger partial charge on any atom is 0.249 e. The van der Waals surface area contributed by atoms with E-state index >= 15 is 0 Å². The van der Waals surface area contributed by atoms with Crippen LogP contribution in [0.25, 0.3) is 32.9 Å². The Hall–Kier alpha value is -4.10. The van der Waals surface area contributed by atoms with Gasteiger partial charge in [-0.25, -0.2) is 8.42 Å². The normalized spacial score (nSPS) is 11.7. The van der Waals surface area contributed by atoms with Crippen molar-refractivity contribution in [1.29, 1.82) is 0 Å². The fourth-order valence-electron chi connectivity index (χ4n) is 4.54. The monoisotopic (exact) mass is 484 g/mol. The highest BCUT2D eigenvalue weighted by molar-refractivity contribution is 7.90. The van der Waals surface area contributed by atoms with E-state index in [0.717, 1.165) is 44.2 Å². The molecule has 0 saturated heterocycles. The van der Waals surface area contributed by atoms with E-state index in [1.165, 1.54) is 6.26 Å². The van der Waals surface area contributed by atoms with Crippen molar-refractivity contribution in [2.45, 2.75) is 11.4 Å². The SMILES string of the molecule is COc1ccc(-c2ccc3c4c(C(N)=O)cccc4n(Cc4cccc(S(C)(=O)=O)c4)c3c2)cc1. The van der Waals surface area contributed by atoms with Crippen molar-refractivity contribution in [2.24, 2.45) is 5.73 Å². The van der Waals surface area contributed by atoms with Crippen molar-refractivity contribution in [3.8, 4) is 16.9 Å². The number of primary amides is 1. The Balaban J connectivity index is 1.75. The summed E-state index contributed by atoms with van der Waals surface area (Å²) in [5.41, 5.74) is 10.8. The van der Waals surface area contributed by atoms with Gasteiger partial charge >= 0.3 is 0 Å². The Morgan fingerprint density at radius 1 is 0.886 bits per heavy atom. The number of fused-ring (bicyclic) bond motifs is 3. The Bertz CT molecular complexity index is 1700. The summed E-state index contributed by atoms with van der Waals surface area (Å²) in [4.78, 5) is 12.5. The molecule has 0 atom stereocenters. The van der Waals surface area contributed by atoms with Gasteiger partial charge < -0.3 is 15.0 Å². The van der Waals surface area contributed by atoms with E-state index in [-0.39, 0.29) is 4.90 Å². The topological polar surface area (TPSA) is 91.4 Å². The number of carbonyl (C=O) groups excluding carboxylic acids is 1. The highest BCUT2D eigenvalue weighted by Gasteiger charge is 2.18. The lowest BCUT2D eigenvalue weighted by Crippen LogP contribution is -2.11. The number of hydrogen-bond acceptors (Lipinski definition) is 4. The van der Waals surface area contributed by atoms with Gasteiger partial charge in [0.1, 0.15) is 5.75 Å². The molecule has 5 rings (SSSR count). The minimum Gasteiger partial charge on any atom is -0.497 e. The van der Waals surface area contributed by atoms with E-state index in [4.69, 9.17) is 10.5 Å². The zero-order chi connectivity index (χ0) is 24.7. The van der Waals surface area contributed by atoms with Gasteiger partial charge in [0.2, 0.25) is 5.91 Å². The van der Waals surface area contributed by atoms with Crippen LogP contribution in [0.1, 0.15) is 15.9 Å². The van der Waals surface area contributed by atoms with Crippen molar-refractivity contribution in [2.75, 3.05) is 13.4 Å². The molecule has 0 saturated carbocycles. The molecular formula is C28H24N2O4S. The quantitative estimate of drug-likeness (QED) is 0.366. The van der Waals surface area contributed by atoms with Crippen LogP contribution in [0, 0.1) is 0 Å². The summed E-state index contributed by atoms with van der Waals surface area (Å²) in [7, 11) is -1.70. The number of nitrogens with zero attached hydrogens (tertiary/aromatic N) is 1. The first-order valence-electron chi connectivity index (χ1n) is 11.0. The molecule has 2 N–H and O–H groups in total. The highest BCUT2D eigenvalue weighted by Crippen LogP contribution is 2.35. The van der Waals surface area contributed by atoms with Crippen LogP contribution in [0.4, 0.5) is 0 Å². The van der Waals surface area contributed by atoms with Crippen molar-refractivity contribution >= 4 is 37.6 Å². The predicted molar refractivity (Wildman–Crippen MR) is 139 cm³/mol. The van der Waals surface area contributed by atoms with E-state index in [1.807, 2.05) is 54.6 Å². The Morgan fingerprint density at radius 3 is 2.29 bits per heavy atom. The lowest BCUT2D eigenvalue weighted by atomic mass is 10.0. The van der Waals surface area contributed by atoms with Gasteiger partial charge in [-0.1, -0.05) is 42.5 Å². The summed E-state index contributed by atoms with van der Waals surface area (Å²) in [5, 5.41) is 1.70. The van der Waals surface area contributed by atoms with Crippen molar-refractivity contribution in [3.63, 3.8) is 0 Å². The van der Waals surface area contributed by atoms with Gasteiger partial charge in [-0.05, 0) is 59.2 Å². The minimum atomic E-state index is -3.34. The number of hydrogen-bond donors (Lipinski definition) is 1. The zero-order valence-electron chi connectivity index (χ0n) is 19.4. The second-order valence-electron chi connectivity index (χ2n) is 8.53. The molecule has 0 bridgehead atoms. The lowest BCUT2D eigenvalue weighted by Gasteiger charge is -2.10. The van der Waals surface area contributed by atoms with Gasteiger partial charge in [-0.2, -0.15) is 0 Å². The number of methoxy groups -OCH3 is 1. The summed E-state index contributed by atoms with van der Waals surface area (Å²) >= 11 is 0. The average molecular weight is 485 g/mol. The predicted octanol–water partition coefficient (Wildman–Crippen LogP) is 5.02. The van der Waals surface area contributed by atoms with Gasteiger partial charge in [0, 0.05) is 29.1 Å². The third-order valence-electron chi connectivity index (χ3n) is 6.25. The summed E-state index contributed by atoms with van der Waals surface area (Å²) in [6.45, 7) is 0.428. The maximum atomic E-state index is 12.3. The summed E-state index contributed by atoms with van der Waals surface area (Å²) in [5.74, 6) is 0.286. The number of sulfone groups is 1. The molecule has 176 valence electrons. The van der Waals surface area contributed by atoms with Gasteiger partial charge in [0.05, 0.1) is 23.0 Å². The Labute approximate surface area is 203 Å². The van der Waals surface area contributed by atoms with Gasteiger partial charge in [0.25, 0.3) is 0 Å². The highest BCUT2D eigenvalue weighted by atomic mass is 32.2. The number of ether oxygens (including phenoxy) is 1. The van der Waals surface area contributed by atoms with E-state index < -0.39 is 15.7 Å². The fourth-order valence-corrected chi connectivity index (χ4v) is 5.23. The zero-order valence-corrected chi connectivity index (χ0v) is 20.2. The third-order valence-corrected chi connectivity index (χ3v) is 7.36. The minimum absolute atomic E-state index is 0.271. The van der Waals surface area contributed by atoms with Crippen LogP contribution in [0.2, 0.25) is 0 Å². The molecule has 0 unspecified atom stereocenters. The number of carbonyl (C=O) groups is 1. The number of rotatable bonds is 6. The summed E-state index contributed by atoms with van der Waals surface area (Å²) < 4.78 is 31.6. The Morgan fingerprint density at radius 2 is 1.60 bits per heavy atom. The molecular weight excluding hydrogens is 460 g/mol. The molecule has 0 aliphatic rings. The fraction of sp³-hybridized carbons (Fsp3) is 0.107. The molecule has 1 amide bonds.